The molecule has 106 valence electrons. The predicted molar refractivity (Wildman–Crippen MR) is 83.3 cm³/mol. The maximum Gasteiger partial charge on any atom is 0.319 e. The Hall–Kier alpha value is -2.51. The maximum absolute atomic E-state index is 11.7. The van der Waals surface area contributed by atoms with E-state index in [9.17, 15) is 4.79 Å². The molecule has 2 amide bonds. The summed E-state index contributed by atoms with van der Waals surface area (Å²) in [5, 5.41) is 14.9. The van der Waals surface area contributed by atoms with Crippen molar-refractivity contribution >= 4 is 23.3 Å². The Balaban J connectivity index is 1.80. The summed E-state index contributed by atoms with van der Waals surface area (Å²) in [6.07, 6.45) is 0.667. The van der Waals surface area contributed by atoms with E-state index in [1.54, 1.807) is 24.3 Å². The second-order valence-corrected chi connectivity index (χ2v) is 4.82. The van der Waals surface area contributed by atoms with Crippen LogP contribution < -0.4 is 10.6 Å². The van der Waals surface area contributed by atoms with Crippen molar-refractivity contribution in [1.82, 2.24) is 5.32 Å². The number of nitriles is 1. The molecule has 0 fully saturated rings. The minimum atomic E-state index is -0.285. The van der Waals surface area contributed by atoms with E-state index >= 15 is 0 Å². The standard InChI is InChI=1S/C16H14ClN3O/c17-15-4-2-1-3-13(15)9-10-19-16(21)20-14-7-5-12(11-18)6-8-14/h1-8H,9-10H2,(H2,19,20,21). The summed E-state index contributed by atoms with van der Waals surface area (Å²) in [5.41, 5.74) is 2.20. The van der Waals surface area contributed by atoms with Crippen LogP contribution in [0.2, 0.25) is 5.02 Å². The van der Waals surface area contributed by atoms with Crippen LogP contribution >= 0.6 is 11.6 Å². The Bertz CT molecular complexity index is 662. The molecule has 0 aliphatic heterocycles. The molecule has 21 heavy (non-hydrogen) atoms. The average molecular weight is 300 g/mol. The summed E-state index contributed by atoms with van der Waals surface area (Å²) in [4.78, 5) is 11.7. The second-order valence-electron chi connectivity index (χ2n) is 4.41. The van der Waals surface area contributed by atoms with E-state index in [-0.39, 0.29) is 6.03 Å². The molecule has 0 aliphatic rings. The number of nitrogens with zero attached hydrogens (tertiary/aromatic N) is 1. The van der Waals surface area contributed by atoms with E-state index in [4.69, 9.17) is 16.9 Å². The quantitative estimate of drug-likeness (QED) is 0.906. The smallest absolute Gasteiger partial charge is 0.319 e. The van der Waals surface area contributed by atoms with E-state index in [0.717, 1.165) is 5.56 Å². The lowest BCUT2D eigenvalue weighted by Crippen LogP contribution is -2.30. The van der Waals surface area contributed by atoms with Crippen molar-refractivity contribution < 1.29 is 4.79 Å². The zero-order valence-corrected chi connectivity index (χ0v) is 12.0. The van der Waals surface area contributed by atoms with Crippen molar-refractivity contribution in [3.05, 3.63) is 64.7 Å². The number of anilines is 1. The minimum Gasteiger partial charge on any atom is -0.338 e. The van der Waals surface area contributed by atoms with Crippen LogP contribution in [0.25, 0.3) is 0 Å². The molecular weight excluding hydrogens is 286 g/mol. The summed E-state index contributed by atoms with van der Waals surface area (Å²) in [7, 11) is 0. The lowest BCUT2D eigenvalue weighted by molar-refractivity contribution is 0.252. The van der Waals surface area contributed by atoms with Crippen molar-refractivity contribution in [2.75, 3.05) is 11.9 Å². The number of amides is 2. The Morgan fingerprint density at radius 3 is 2.52 bits per heavy atom. The maximum atomic E-state index is 11.7. The van der Waals surface area contributed by atoms with Gasteiger partial charge in [-0.05, 0) is 42.3 Å². The SMILES string of the molecule is N#Cc1ccc(NC(=O)NCCc2ccccc2Cl)cc1. The van der Waals surface area contributed by atoms with Crippen LogP contribution in [-0.4, -0.2) is 12.6 Å². The van der Waals surface area contributed by atoms with Crippen LogP contribution in [0.5, 0.6) is 0 Å². The third kappa shape index (κ3) is 4.51. The molecule has 0 unspecified atom stereocenters. The number of halogens is 1. The third-order valence-electron chi connectivity index (χ3n) is 2.91. The molecule has 0 heterocycles. The molecule has 2 aromatic carbocycles. The lowest BCUT2D eigenvalue weighted by Gasteiger charge is -2.08. The first-order chi connectivity index (χ1) is 10.2. The number of nitrogens with one attached hydrogen (secondary N) is 2. The fourth-order valence-electron chi connectivity index (χ4n) is 1.82. The molecule has 4 nitrogen and oxygen atoms in total. The molecule has 0 aliphatic carbocycles. The molecule has 2 rings (SSSR count). The predicted octanol–water partition coefficient (Wildman–Crippen LogP) is 3.58. The number of urea groups is 1. The molecule has 0 spiro atoms. The van der Waals surface area contributed by atoms with E-state index < -0.39 is 0 Å². The molecule has 0 aromatic heterocycles. The van der Waals surface area contributed by atoms with Crippen LogP contribution in [0, 0.1) is 11.3 Å². The zero-order chi connectivity index (χ0) is 15.1. The molecular formula is C16H14ClN3O. The molecule has 0 radical (unpaired) electrons. The van der Waals surface area contributed by atoms with Gasteiger partial charge in [0, 0.05) is 17.3 Å². The second kappa shape index (κ2) is 7.32. The van der Waals surface area contributed by atoms with Crippen molar-refractivity contribution in [1.29, 1.82) is 5.26 Å². The lowest BCUT2D eigenvalue weighted by atomic mass is 10.1. The Morgan fingerprint density at radius 2 is 1.86 bits per heavy atom. The van der Waals surface area contributed by atoms with Gasteiger partial charge in [-0.15, -0.1) is 0 Å². The highest BCUT2D eigenvalue weighted by Gasteiger charge is 2.03. The number of carbonyl (C=O) groups is 1. The van der Waals surface area contributed by atoms with Gasteiger partial charge in [0.2, 0.25) is 0 Å². The molecule has 0 atom stereocenters. The third-order valence-corrected chi connectivity index (χ3v) is 3.28. The van der Waals surface area contributed by atoms with Crippen LogP contribution in [0.15, 0.2) is 48.5 Å². The van der Waals surface area contributed by atoms with Crippen LogP contribution in [0.1, 0.15) is 11.1 Å². The Labute approximate surface area is 128 Å². The van der Waals surface area contributed by atoms with E-state index in [1.807, 2.05) is 30.3 Å². The van der Waals surface area contributed by atoms with Crippen molar-refractivity contribution in [3.8, 4) is 6.07 Å². The minimum absolute atomic E-state index is 0.285. The topological polar surface area (TPSA) is 64.9 Å². The highest BCUT2D eigenvalue weighted by molar-refractivity contribution is 6.31. The van der Waals surface area contributed by atoms with Gasteiger partial charge in [0.05, 0.1) is 11.6 Å². The highest BCUT2D eigenvalue weighted by Crippen LogP contribution is 2.14. The van der Waals surface area contributed by atoms with Crippen molar-refractivity contribution in [3.63, 3.8) is 0 Å². The Morgan fingerprint density at radius 1 is 1.14 bits per heavy atom. The van der Waals surface area contributed by atoms with Crippen molar-refractivity contribution in [2.45, 2.75) is 6.42 Å². The summed E-state index contributed by atoms with van der Waals surface area (Å²) in [6, 6.07) is 16.0. The van der Waals surface area contributed by atoms with Gasteiger partial charge in [0.25, 0.3) is 0 Å². The molecule has 5 heteroatoms. The fraction of sp³-hybridized carbons (Fsp3) is 0.125. The van der Waals surface area contributed by atoms with Gasteiger partial charge in [-0.2, -0.15) is 5.26 Å². The molecule has 2 aromatic rings. The fourth-order valence-corrected chi connectivity index (χ4v) is 2.05. The summed E-state index contributed by atoms with van der Waals surface area (Å²) in [6.45, 7) is 0.492. The number of benzene rings is 2. The van der Waals surface area contributed by atoms with Gasteiger partial charge in [0.15, 0.2) is 0 Å². The Kier molecular flexibility index (Phi) is 5.19. The average Bonchev–Trinajstić information content (AvgIpc) is 2.50. The summed E-state index contributed by atoms with van der Waals surface area (Å²) >= 11 is 6.04. The van der Waals surface area contributed by atoms with Gasteiger partial charge >= 0.3 is 6.03 Å². The molecule has 0 saturated heterocycles. The summed E-state index contributed by atoms with van der Waals surface area (Å²) in [5.74, 6) is 0. The first kappa shape index (κ1) is 14.9. The zero-order valence-electron chi connectivity index (χ0n) is 11.3. The van der Waals surface area contributed by atoms with Gasteiger partial charge in [-0.25, -0.2) is 4.79 Å². The number of carbonyl (C=O) groups excluding carboxylic acids is 1. The molecule has 0 saturated carbocycles. The first-order valence-corrected chi connectivity index (χ1v) is 6.85. The van der Waals surface area contributed by atoms with Crippen LogP contribution in [-0.2, 0) is 6.42 Å². The number of hydrogen-bond donors (Lipinski definition) is 2. The highest BCUT2D eigenvalue weighted by atomic mass is 35.5. The van der Waals surface area contributed by atoms with Gasteiger partial charge in [-0.3, -0.25) is 0 Å². The van der Waals surface area contributed by atoms with Crippen LogP contribution in [0.3, 0.4) is 0 Å². The summed E-state index contributed by atoms with van der Waals surface area (Å²) < 4.78 is 0. The van der Waals surface area contributed by atoms with Gasteiger partial charge in [-0.1, -0.05) is 29.8 Å². The van der Waals surface area contributed by atoms with Crippen LogP contribution in [0.4, 0.5) is 10.5 Å². The normalized spacial score (nSPS) is 9.71. The largest absolute Gasteiger partial charge is 0.338 e. The first-order valence-electron chi connectivity index (χ1n) is 6.47. The van der Waals surface area contributed by atoms with E-state index in [1.165, 1.54) is 0 Å². The molecule has 2 N–H and O–H groups in total. The van der Waals surface area contributed by atoms with Crippen molar-refractivity contribution in [2.24, 2.45) is 0 Å². The molecule has 0 bridgehead atoms. The van der Waals surface area contributed by atoms with E-state index in [0.29, 0.717) is 29.2 Å². The number of hydrogen-bond acceptors (Lipinski definition) is 2. The van der Waals surface area contributed by atoms with Gasteiger partial charge in [0.1, 0.15) is 0 Å². The van der Waals surface area contributed by atoms with E-state index in [2.05, 4.69) is 10.6 Å². The van der Waals surface area contributed by atoms with Gasteiger partial charge < -0.3 is 10.6 Å². The monoisotopic (exact) mass is 299 g/mol. The number of rotatable bonds is 4.